The average Bonchev–Trinajstić information content (AvgIpc) is 2.98. The number of nitrogens with one attached hydrogen (secondary N) is 1. The van der Waals surface area contributed by atoms with E-state index in [1.165, 1.54) is 11.8 Å². The van der Waals surface area contributed by atoms with E-state index in [0.29, 0.717) is 12.3 Å². The lowest BCUT2D eigenvalue weighted by atomic mass is 9.78. The largest absolute Gasteiger partial charge is 0.481 e. The van der Waals surface area contributed by atoms with Crippen LogP contribution < -0.4 is 5.32 Å². The van der Waals surface area contributed by atoms with Gasteiger partial charge in [-0.1, -0.05) is 40.9 Å². The van der Waals surface area contributed by atoms with Gasteiger partial charge in [0.15, 0.2) is 0 Å². The molecule has 22 heavy (non-hydrogen) atoms. The van der Waals surface area contributed by atoms with Crippen molar-refractivity contribution in [3.8, 4) is 0 Å². The third-order valence-electron chi connectivity index (χ3n) is 4.05. The number of hydrogen-bond donors (Lipinski definition) is 2. The maximum absolute atomic E-state index is 12.7. The van der Waals surface area contributed by atoms with E-state index in [0.717, 1.165) is 35.7 Å². The molecule has 0 atom stereocenters. The van der Waals surface area contributed by atoms with Crippen LogP contribution in [0.1, 0.15) is 31.2 Å². The number of rotatable bonds is 7. The molecule has 0 spiro atoms. The lowest BCUT2D eigenvalue weighted by Gasteiger charge is -2.28. The van der Waals surface area contributed by atoms with Crippen molar-refractivity contribution < 1.29 is 14.7 Å². The van der Waals surface area contributed by atoms with Gasteiger partial charge < -0.3 is 10.4 Å². The van der Waals surface area contributed by atoms with Gasteiger partial charge in [-0.05, 0) is 30.5 Å². The number of halogens is 1. The molecule has 1 aromatic rings. The van der Waals surface area contributed by atoms with Crippen molar-refractivity contribution in [2.75, 3.05) is 18.1 Å². The third-order valence-corrected chi connectivity index (χ3v) is 5.52. The van der Waals surface area contributed by atoms with Gasteiger partial charge in [-0.2, -0.15) is 0 Å². The molecule has 1 aliphatic rings. The molecule has 6 heteroatoms. The van der Waals surface area contributed by atoms with Gasteiger partial charge in [0.05, 0.1) is 11.2 Å². The fourth-order valence-electron chi connectivity index (χ4n) is 2.96. The molecular weight excluding hydrogens is 366 g/mol. The predicted molar refractivity (Wildman–Crippen MR) is 92.3 cm³/mol. The Kier molecular flexibility index (Phi) is 6.32. The van der Waals surface area contributed by atoms with Gasteiger partial charge in [-0.25, -0.2) is 0 Å². The molecule has 0 aliphatic heterocycles. The van der Waals surface area contributed by atoms with Crippen LogP contribution in [0.15, 0.2) is 28.7 Å². The summed E-state index contributed by atoms with van der Waals surface area (Å²) in [5.74, 6) is -0.0518. The molecule has 0 heterocycles. The van der Waals surface area contributed by atoms with E-state index in [1.807, 2.05) is 24.3 Å². The molecule has 1 amide bonds. The van der Waals surface area contributed by atoms with Crippen molar-refractivity contribution in [3.05, 3.63) is 34.3 Å². The Hall–Kier alpha value is -1.01. The molecule has 2 rings (SSSR count). The number of amides is 1. The monoisotopic (exact) mass is 385 g/mol. The second kappa shape index (κ2) is 8.02. The van der Waals surface area contributed by atoms with Gasteiger partial charge in [0, 0.05) is 16.8 Å². The van der Waals surface area contributed by atoms with Gasteiger partial charge in [0.1, 0.15) is 0 Å². The molecule has 0 saturated heterocycles. The van der Waals surface area contributed by atoms with E-state index in [-0.39, 0.29) is 11.7 Å². The van der Waals surface area contributed by atoms with Gasteiger partial charge in [0.25, 0.3) is 0 Å². The van der Waals surface area contributed by atoms with Gasteiger partial charge in [0.2, 0.25) is 5.91 Å². The van der Waals surface area contributed by atoms with Gasteiger partial charge >= 0.3 is 5.97 Å². The average molecular weight is 386 g/mol. The van der Waals surface area contributed by atoms with E-state index in [1.54, 1.807) is 0 Å². The molecule has 1 aliphatic carbocycles. The highest BCUT2D eigenvalue weighted by Crippen LogP contribution is 2.41. The number of carbonyl (C=O) groups is 2. The van der Waals surface area contributed by atoms with E-state index in [2.05, 4.69) is 21.2 Å². The first kappa shape index (κ1) is 17.3. The van der Waals surface area contributed by atoms with E-state index < -0.39 is 11.4 Å². The Balaban J connectivity index is 1.97. The second-order valence-corrected chi connectivity index (χ2v) is 7.52. The first-order valence-electron chi connectivity index (χ1n) is 7.38. The van der Waals surface area contributed by atoms with Crippen molar-refractivity contribution >= 4 is 39.6 Å². The normalized spacial score (nSPS) is 16.4. The minimum atomic E-state index is -0.821. The number of hydrogen-bond acceptors (Lipinski definition) is 3. The van der Waals surface area contributed by atoms with E-state index in [4.69, 9.17) is 5.11 Å². The van der Waals surface area contributed by atoms with E-state index >= 15 is 0 Å². The summed E-state index contributed by atoms with van der Waals surface area (Å²) in [6.45, 7) is 0.509. The lowest BCUT2D eigenvalue weighted by Crippen LogP contribution is -2.43. The third kappa shape index (κ3) is 4.26. The molecule has 1 aromatic carbocycles. The van der Waals surface area contributed by atoms with Crippen LogP contribution in [0.25, 0.3) is 0 Å². The highest BCUT2D eigenvalue weighted by Gasteiger charge is 2.42. The van der Waals surface area contributed by atoms with Crippen LogP contribution in [0, 0.1) is 0 Å². The highest BCUT2D eigenvalue weighted by atomic mass is 79.9. The van der Waals surface area contributed by atoms with Crippen molar-refractivity contribution in [2.24, 2.45) is 0 Å². The Bertz CT molecular complexity index is 527. The molecule has 1 fully saturated rings. The van der Waals surface area contributed by atoms with Crippen molar-refractivity contribution in [1.82, 2.24) is 5.32 Å². The Morgan fingerprint density at radius 1 is 1.23 bits per heavy atom. The first-order valence-corrected chi connectivity index (χ1v) is 9.33. The molecule has 0 unspecified atom stereocenters. The molecular formula is C16H20BrNO3S. The van der Waals surface area contributed by atoms with Crippen LogP contribution in [0.4, 0.5) is 0 Å². The summed E-state index contributed by atoms with van der Waals surface area (Å²) in [4.78, 5) is 23.2. The lowest BCUT2D eigenvalue weighted by molar-refractivity contribution is -0.134. The first-order chi connectivity index (χ1) is 10.5. The topological polar surface area (TPSA) is 66.4 Å². The molecule has 4 nitrogen and oxygen atoms in total. The molecule has 2 N–H and O–H groups in total. The fourth-order valence-corrected chi connectivity index (χ4v) is 3.79. The molecule has 120 valence electrons. The summed E-state index contributed by atoms with van der Waals surface area (Å²) in [6.07, 6.45) is 3.89. The van der Waals surface area contributed by atoms with Crippen LogP contribution >= 0.6 is 27.7 Å². The van der Waals surface area contributed by atoms with Crippen molar-refractivity contribution in [1.29, 1.82) is 0 Å². The predicted octanol–water partition coefficient (Wildman–Crippen LogP) is 3.19. The summed E-state index contributed by atoms with van der Waals surface area (Å²) < 4.78 is 1.01. The molecule has 0 bridgehead atoms. The van der Waals surface area contributed by atoms with Crippen LogP contribution in [-0.4, -0.2) is 35.0 Å². The van der Waals surface area contributed by atoms with Crippen LogP contribution in [0.5, 0.6) is 0 Å². The smallest absolute Gasteiger partial charge is 0.313 e. The molecule has 1 saturated carbocycles. The van der Waals surface area contributed by atoms with Crippen LogP contribution in [0.2, 0.25) is 0 Å². The minimum Gasteiger partial charge on any atom is -0.481 e. The summed E-state index contributed by atoms with van der Waals surface area (Å²) >= 11 is 4.75. The number of carboxylic acid groups (broad SMARTS) is 1. The SMILES string of the molecule is O=C(O)CSCCNC(=O)C1(c2ccc(Br)cc2)CCCC1. The maximum atomic E-state index is 12.7. The zero-order valence-corrected chi connectivity index (χ0v) is 14.7. The van der Waals surface area contributed by atoms with Gasteiger partial charge in [-0.15, -0.1) is 11.8 Å². The zero-order chi connectivity index (χ0) is 16.0. The quantitative estimate of drug-likeness (QED) is 0.707. The van der Waals surface area contributed by atoms with Crippen LogP contribution in [-0.2, 0) is 15.0 Å². The van der Waals surface area contributed by atoms with Crippen molar-refractivity contribution in [3.63, 3.8) is 0 Å². The number of aliphatic carboxylic acids is 1. The second-order valence-electron chi connectivity index (χ2n) is 5.50. The number of benzene rings is 1. The minimum absolute atomic E-state index is 0.0725. The maximum Gasteiger partial charge on any atom is 0.313 e. The molecule has 0 radical (unpaired) electrons. The number of carbonyl (C=O) groups excluding carboxylic acids is 1. The van der Waals surface area contributed by atoms with E-state index in [9.17, 15) is 9.59 Å². The van der Waals surface area contributed by atoms with Crippen LogP contribution in [0.3, 0.4) is 0 Å². The zero-order valence-electron chi connectivity index (χ0n) is 12.3. The summed E-state index contributed by atoms with van der Waals surface area (Å²) in [7, 11) is 0. The summed E-state index contributed by atoms with van der Waals surface area (Å²) in [6, 6.07) is 8.00. The standard InChI is InChI=1S/C16H20BrNO3S/c17-13-5-3-12(4-6-13)16(7-1-2-8-16)15(21)18-9-10-22-11-14(19)20/h3-6H,1-2,7-11H2,(H,18,21)(H,19,20). The highest BCUT2D eigenvalue weighted by molar-refractivity contribution is 9.10. The Morgan fingerprint density at radius 3 is 2.45 bits per heavy atom. The van der Waals surface area contributed by atoms with Crippen molar-refractivity contribution in [2.45, 2.75) is 31.1 Å². The fraction of sp³-hybridized carbons (Fsp3) is 0.500. The van der Waals surface area contributed by atoms with Gasteiger partial charge in [-0.3, -0.25) is 9.59 Å². The Labute approximate surface area is 143 Å². The molecule has 0 aromatic heterocycles. The number of thioether (sulfide) groups is 1. The Morgan fingerprint density at radius 2 is 1.86 bits per heavy atom. The summed E-state index contributed by atoms with van der Waals surface area (Å²) in [5.41, 5.74) is 0.655. The number of carboxylic acids is 1. The summed E-state index contributed by atoms with van der Waals surface area (Å²) in [5, 5.41) is 11.6.